The Balaban J connectivity index is 3.18. The Labute approximate surface area is 80.7 Å². The Kier molecular flexibility index (Phi) is 2.91. The summed E-state index contributed by atoms with van der Waals surface area (Å²) in [5.74, 6) is 1.60. The summed E-state index contributed by atoms with van der Waals surface area (Å²) in [7, 11) is -3.69. The van der Waals surface area contributed by atoms with Crippen molar-refractivity contribution >= 4 is 15.7 Å². The van der Waals surface area contributed by atoms with Gasteiger partial charge >= 0.3 is 0 Å². The van der Waals surface area contributed by atoms with Gasteiger partial charge in [0.05, 0.1) is 9.80 Å². The Morgan fingerprint density at radius 3 is 2.43 bits per heavy atom. The predicted octanol–water partition coefficient (Wildman–Crippen LogP) is 0.543. The maximum Gasteiger partial charge on any atom is 0.252 e. The van der Waals surface area contributed by atoms with Crippen molar-refractivity contribution in [1.29, 1.82) is 0 Å². The smallest absolute Gasteiger partial charge is 0.252 e. The molecule has 0 fully saturated rings. The summed E-state index contributed by atoms with van der Waals surface area (Å²) in [6.45, 7) is 0. The first-order valence-electron chi connectivity index (χ1n) is 3.58. The third-order valence-electron chi connectivity index (χ3n) is 1.39. The van der Waals surface area contributed by atoms with E-state index in [1.165, 1.54) is 12.1 Å². The van der Waals surface area contributed by atoms with Crippen LogP contribution in [0.5, 0.6) is 0 Å². The molecule has 0 aliphatic heterocycles. The summed E-state index contributed by atoms with van der Waals surface area (Å²) >= 11 is 0. The highest BCUT2D eigenvalue weighted by atomic mass is 32.2. The van der Waals surface area contributed by atoms with Crippen molar-refractivity contribution in [1.82, 2.24) is 0 Å². The van der Waals surface area contributed by atoms with Crippen molar-refractivity contribution in [2.45, 2.75) is 4.90 Å². The second-order valence-electron chi connectivity index (χ2n) is 2.38. The van der Waals surface area contributed by atoms with Crippen LogP contribution in [-0.2, 0) is 9.84 Å². The molecule has 1 aromatic carbocycles. The van der Waals surface area contributed by atoms with E-state index >= 15 is 0 Å². The zero-order valence-electron chi connectivity index (χ0n) is 6.99. The molecule has 1 rings (SSSR count). The molecule has 0 aliphatic rings. The van der Waals surface area contributed by atoms with Crippen LogP contribution in [0.4, 0.5) is 0 Å². The average Bonchev–Trinajstić information content (AvgIpc) is 2.16. The quantitative estimate of drug-likeness (QED) is 0.336. The van der Waals surface area contributed by atoms with Gasteiger partial charge in [0, 0.05) is 0 Å². The molecule has 0 aliphatic carbocycles. The van der Waals surface area contributed by atoms with Gasteiger partial charge in [0.2, 0.25) is 9.84 Å². The molecule has 0 unspecified atom stereocenters. The Bertz CT molecular complexity index is 467. The fourth-order valence-corrected chi connectivity index (χ4v) is 1.69. The highest BCUT2D eigenvalue weighted by Crippen LogP contribution is 2.09. The van der Waals surface area contributed by atoms with Crippen LogP contribution in [0.3, 0.4) is 0 Å². The predicted molar refractivity (Wildman–Crippen MR) is 48.6 cm³/mol. The molecule has 0 saturated carbocycles. The summed E-state index contributed by atoms with van der Waals surface area (Å²) in [6.07, 6.45) is 0. The molecule has 0 bridgehead atoms. The van der Waals surface area contributed by atoms with Crippen LogP contribution in [0.15, 0.2) is 40.6 Å². The lowest BCUT2D eigenvalue weighted by Gasteiger charge is -1.94. The molecule has 1 N–H and O–H groups in total. The average molecular weight is 213 g/mol. The van der Waals surface area contributed by atoms with Crippen molar-refractivity contribution in [3.8, 4) is 0 Å². The fourth-order valence-electron chi connectivity index (χ4n) is 0.793. The van der Waals surface area contributed by atoms with Crippen LogP contribution >= 0.6 is 0 Å². The van der Waals surface area contributed by atoms with E-state index in [4.69, 9.17) is 5.21 Å². The van der Waals surface area contributed by atoms with Crippen molar-refractivity contribution in [3.05, 3.63) is 40.9 Å². The van der Waals surface area contributed by atoms with Gasteiger partial charge in [-0.15, -0.1) is 0 Å². The molecule has 0 radical (unpaired) electrons. The monoisotopic (exact) mass is 213 g/mol. The number of hydrogen-bond acceptors (Lipinski definition) is 4. The number of nitrogens with zero attached hydrogens (tertiary/aromatic N) is 1. The maximum absolute atomic E-state index is 11.3. The van der Waals surface area contributed by atoms with Crippen LogP contribution in [0, 0.1) is 5.21 Å². The summed E-state index contributed by atoms with van der Waals surface area (Å²) in [6, 6.07) is 7.52. The minimum Gasteiger partial charge on any atom is -0.409 e. The van der Waals surface area contributed by atoms with Gasteiger partial charge in [-0.3, -0.25) is 5.21 Å². The first-order chi connectivity index (χ1) is 6.52. The van der Waals surface area contributed by atoms with Crippen LogP contribution < -0.4 is 0 Å². The van der Waals surface area contributed by atoms with E-state index in [0.717, 1.165) is 0 Å². The molecule has 0 saturated heterocycles. The lowest BCUT2D eigenvalue weighted by molar-refractivity contribution is -0.720. The third kappa shape index (κ3) is 2.62. The van der Waals surface area contributed by atoms with E-state index in [2.05, 4.69) is 0 Å². The zero-order valence-corrected chi connectivity index (χ0v) is 7.81. The zero-order chi connectivity index (χ0) is 10.6. The van der Waals surface area contributed by atoms with Crippen molar-refractivity contribution < 1.29 is 18.5 Å². The largest absolute Gasteiger partial charge is 0.409 e. The van der Waals surface area contributed by atoms with E-state index in [-0.39, 0.29) is 4.90 Å². The van der Waals surface area contributed by atoms with Crippen molar-refractivity contribution in [2.75, 3.05) is 0 Å². The van der Waals surface area contributed by atoms with Gasteiger partial charge in [0.1, 0.15) is 0 Å². The second-order valence-corrected chi connectivity index (χ2v) is 4.18. The summed E-state index contributed by atoms with van der Waals surface area (Å²) in [5, 5.41) is 18.6. The Morgan fingerprint density at radius 2 is 1.93 bits per heavy atom. The normalized spacial score (nSPS) is 10.3. The number of hydrogen-bond donors (Lipinski definition) is 1. The molecule has 6 heteroatoms. The van der Waals surface area contributed by atoms with Gasteiger partial charge in [-0.1, -0.05) is 18.2 Å². The summed E-state index contributed by atoms with van der Waals surface area (Å²) in [5.41, 5.74) is 0. The Hall–Kier alpha value is -1.78. The lowest BCUT2D eigenvalue weighted by atomic mass is 10.4. The van der Waals surface area contributed by atoms with Crippen molar-refractivity contribution in [2.24, 2.45) is 0 Å². The van der Waals surface area contributed by atoms with Gasteiger partial charge in [-0.2, -0.15) is 0 Å². The van der Waals surface area contributed by atoms with Gasteiger partial charge in [-0.05, 0) is 12.1 Å². The van der Waals surface area contributed by atoms with E-state index in [9.17, 15) is 13.6 Å². The van der Waals surface area contributed by atoms with Gasteiger partial charge < -0.3 is 5.21 Å². The molecule has 5 nitrogen and oxygen atoms in total. The fraction of sp³-hybridized carbons (Fsp3) is 0. The summed E-state index contributed by atoms with van der Waals surface area (Å²) < 4.78 is 22.7. The first kappa shape index (κ1) is 10.3. The number of sulfone groups is 1. The molecule has 0 spiro atoms. The van der Waals surface area contributed by atoms with E-state index < -0.39 is 14.7 Å². The molecule has 74 valence electrons. The number of rotatable bonds is 2. The van der Waals surface area contributed by atoms with E-state index in [0.29, 0.717) is 5.41 Å². The molecule has 0 atom stereocenters. The summed E-state index contributed by atoms with van der Waals surface area (Å²) in [4.78, 5) is -0.658. The standard InChI is InChI=1S/C8H7NO4S/c10-9(11)6-7-14(12,13)8-4-2-1-3-5-8/h1-5,7H,(H,10,11). The molecule has 0 amide bonds. The maximum atomic E-state index is 11.3. The Morgan fingerprint density at radius 1 is 1.36 bits per heavy atom. The SMILES string of the molecule is O=S(=O)(C=C=[N+]([O-])O)c1ccccc1. The van der Waals surface area contributed by atoms with Crippen LogP contribution in [0.25, 0.3) is 0 Å². The number of benzene rings is 1. The van der Waals surface area contributed by atoms with E-state index in [1.54, 1.807) is 24.1 Å². The third-order valence-corrected chi connectivity index (χ3v) is 2.73. The molecule has 0 heterocycles. The van der Waals surface area contributed by atoms with Gasteiger partial charge in [-0.25, -0.2) is 8.42 Å². The van der Waals surface area contributed by atoms with Crippen LogP contribution in [0.2, 0.25) is 0 Å². The minimum absolute atomic E-state index is 0.0364. The topological polar surface area (TPSA) is 80.4 Å². The first-order valence-corrected chi connectivity index (χ1v) is 5.13. The highest BCUT2D eigenvalue weighted by Gasteiger charge is 2.10. The van der Waals surface area contributed by atoms with E-state index in [1.807, 2.05) is 0 Å². The molecular weight excluding hydrogens is 206 g/mol. The molecule has 14 heavy (non-hydrogen) atoms. The van der Waals surface area contributed by atoms with Gasteiger partial charge in [0.25, 0.3) is 5.87 Å². The highest BCUT2D eigenvalue weighted by molar-refractivity contribution is 7.94. The molecule has 1 aromatic rings. The minimum atomic E-state index is -3.69. The molecule has 0 aromatic heterocycles. The van der Waals surface area contributed by atoms with Crippen LogP contribution in [-0.4, -0.2) is 24.4 Å². The lowest BCUT2D eigenvalue weighted by Crippen LogP contribution is -1.98. The van der Waals surface area contributed by atoms with Crippen molar-refractivity contribution in [3.63, 3.8) is 0 Å². The second kappa shape index (κ2) is 3.95. The van der Waals surface area contributed by atoms with Gasteiger partial charge in [0.15, 0.2) is 5.41 Å². The molecular formula is C8H7NO4S. The van der Waals surface area contributed by atoms with Crippen LogP contribution in [0.1, 0.15) is 0 Å².